The van der Waals surface area contributed by atoms with Crippen LogP contribution in [0.2, 0.25) is 0 Å². The first-order chi connectivity index (χ1) is 17.7. The lowest BCUT2D eigenvalue weighted by molar-refractivity contribution is 0.0321. The molecular formula is C34H44O2. The Morgan fingerprint density at radius 2 is 1.14 bits per heavy atom. The Morgan fingerprint density at radius 1 is 0.639 bits per heavy atom. The van der Waals surface area contributed by atoms with Crippen LogP contribution in [0.25, 0.3) is 11.1 Å². The van der Waals surface area contributed by atoms with Gasteiger partial charge in [-0.2, -0.15) is 0 Å². The SMILES string of the molecule is CCCCCCCCCCc1ccc(-c2ccc(CCCC(C)OC(=O)c3ccccc3)cc2)cc1. The van der Waals surface area contributed by atoms with Crippen LogP contribution in [0, 0.1) is 0 Å². The summed E-state index contributed by atoms with van der Waals surface area (Å²) in [6.07, 6.45) is 14.9. The van der Waals surface area contributed by atoms with Gasteiger partial charge in [0.05, 0.1) is 11.7 Å². The van der Waals surface area contributed by atoms with Crippen molar-refractivity contribution >= 4 is 5.97 Å². The number of hydrogen-bond acceptors (Lipinski definition) is 2. The number of aryl methyl sites for hydroxylation is 2. The van der Waals surface area contributed by atoms with Crippen LogP contribution in [0.5, 0.6) is 0 Å². The van der Waals surface area contributed by atoms with E-state index in [-0.39, 0.29) is 12.1 Å². The Balaban J connectivity index is 1.34. The van der Waals surface area contributed by atoms with Crippen molar-refractivity contribution in [3.63, 3.8) is 0 Å². The van der Waals surface area contributed by atoms with Gasteiger partial charge in [-0.15, -0.1) is 0 Å². The largest absolute Gasteiger partial charge is 0.459 e. The molecule has 3 aromatic carbocycles. The molecule has 0 aliphatic heterocycles. The van der Waals surface area contributed by atoms with Gasteiger partial charge in [0.1, 0.15) is 0 Å². The van der Waals surface area contributed by atoms with E-state index in [2.05, 4.69) is 55.5 Å². The van der Waals surface area contributed by atoms with E-state index in [4.69, 9.17) is 4.74 Å². The summed E-state index contributed by atoms with van der Waals surface area (Å²) in [7, 11) is 0. The van der Waals surface area contributed by atoms with Crippen LogP contribution in [-0.2, 0) is 17.6 Å². The maximum atomic E-state index is 12.2. The summed E-state index contributed by atoms with van der Waals surface area (Å²) in [5.74, 6) is -0.240. The molecule has 0 saturated heterocycles. The van der Waals surface area contributed by atoms with Gasteiger partial charge in [-0.25, -0.2) is 4.79 Å². The molecule has 0 radical (unpaired) electrons. The van der Waals surface area contributed by atoms with Gasteiger partial charge < -0.3 is 4.74 Å². The van der Waals surface area contributed by atoms with Crippen molar-refractivity contribution in [2.45, 2.75) is 97.0 Å². The van der Waals surface area contributed by atoms with Gasteiger partial charge in [-0.05, 0) is 73.4 Å². The topological polar surface area (TPSA) is 26.3 Å². The zero-order valence-electron chi connectivity index (χ0n) is 22.4. The molecular weight excluding hydrogens is 440 g/mol. The van der Waals surface area contributed by atoms with E-state index in [0.717, 1.165) is 19.3 Å². The third kappa shape index (κ3) is 10.0. The summed E-state index contributed by atoms with van der Waals surface area (Å²) in [5.41, 5.74) is 5.93. The molecule has 0 aliphatic rings. The number of rotatable bonds is 16. The van der Waals surface area contributed by atoms with E-state index >= 15 is 0 Å². The average molecular weight is 485 g/mol. The number of ether oxygens (including phenoxy) is 1. The van der Waals surface area contributed by atoms with Crippen LogP contribution in [0.3, 0.4) is 0 Å². The molecule has 0 saturated carbocycles. The Morgan fingerprint density at radius 3 is 1.69 bits per heavy atom. The van der Waals surface area contributed by atoms with Crippen molar-refractivity contribution in [3.05, 3.63) is 95.6 Å². The molecule has 2 nitrogen and oxygen atoms in total. The molecule has 36 heavy (non-hydrogen) atoms. The summed E-state index contributed by atoms with van der Waals surface area (Å²) in [5, 5.41) is 0. The minimum Gasteiger partial charge on any atom is -0.459 e. The number of unbranched alkanes of at least 4 members (excludes halogenated alkanes) is 7. The van der Waals surface area contributed by atoms with Crippen molar-refractivity contribution in [2.24, 2.45) is 0 Å². The highest BCUT2D eigenvalue weighted by molar-refractivity contribution is 5.89. The number of carbonyl (C=O) groups excluding carboxylic acids is 1. The number of hydrogen-bond donors (Lipinski definition) is 0. The van der Waals surface area contributed by atoms with Gasteiger partial charge in [0.25, 0.3) is 0 Å². The minimum absolute atomic E-state index is 0.0821. The Bertz CT molecular complexity index is 990. The smallest absolute Gasteiger partial charge is 0.338 e. The first-order valence-electron chi connectivity index (χ1n) is 14.1. The fraction of sp³-hybridized carbons (Fsp3) is 0.441. The maximum absolute atomic E-state index is 12.2. The zero-order chi connectivity index (χ0) is 25.4. The molecule has 192 valence electrons. The maximum Gasteiger partial charge on any atom is 0.338 e. The fourth-order valence-corrected chi connectivity index (χ4v) is 4.67. The van der Waals surface area contributed by atoms with Gasteiger partial charge >= 0.3 is 5.97 Å². The first-order valence-corrected chi connectivity index (χ1v) is 14.1. The molecule has 0 amide bonds. The van der Waals surface area contributed by atoms with Gasteiger partial charge in [-0.3, -0.25) is 0 Å². The monoisotopic (exact) mass is 484 g/mol. The molecule has 0 spiro atoms. The van der Waals surface area contributed by atoms with E-state index in [1.165, 1.54) is 80.0 Å². The molecule has 0 N–H and O–H groups in total. The molecule has 1 atom stereocenters. The average Bonchev–Trinajstić information content (AvgIpc) is 2.91. The summed E-state index contributed by atoms with van der Waals surface area (Å²) >= 11 is 0. The van der Waals surface area contributed by atoms with Crippen LogP contribution >= 0.6 is 0 Å². The molecule has 3 rings (SSSR count). The fourth-order valence-electron chi connectivity index (χ4n) is 4.67. The highest BCUT2D eigenvalue weighted by Crippen LogP contribution is 2.22. The van der Waals surface area contributed by atoms with E-state index in [0.29, 0.717) is 5.56 Å². The third-order valence-electron chi connectivity index (χ3n) is 6.95. The molecule has 3 aromatic rings. The molecule has 1 unspecified atom stereocenters. The van der Waals surface area contributed by atoms with Gasteiger partial charge in [0.15, 0.2) is 0 Å². The highest BCUT2D eigenvalue weighted by atomic mass is 16.5. The van der Waals surface area contributed by atoms with Gasteiger partial charge in [0.2, 0.25) is 0 Å². The zero-order valence-corrected chi connectivity index (χ0v) is 22.4. The van der Waals surface area contributed by atoms with Crippen LogP contribution in [0.1, 0.15) is 99.5 Å². The van der Waals surface area contributed by atoms with E-state index in [1.807, 2.05) is 25.1 Å². The lowest BCUT2D eigenvalue weighted by Gasteiger charge is -2.13. The standard InChI is InChI=1S/C34H44O2/c1-3-4-5-6-7-8-9-11-16-29-20-24-31(25-21-29)32-26-22-30(23-27-32)17-14-15-28(2)36-34(35)33-18-12-10-13-19-33/h10,12-13,18-28H,3-9,11,14-17H2,1-2H3. The van der Waals surface area contributed by atoms with Crippen LogP contribution in [-0.4, -0.2) is 12.1 Å². The van der Waals surface area contributed by atoms with Gasteiger partial charge in [-0.1, -0.05) is 119 Å². The van der Waals surface area contributed by atoms with E-state index in [1.54, 1.807) is 12.1 Å². The number of esters is 1. The molecule has 0 fully saturated rings. The number of carbonyl (C=O) groups is 1. The minimum atomic E-state index is -0.240. The Hall–Kier alpha value is -2.87. The lowest BCUT2D eigenvalue weighted by atomic mass is 9.99. The summed E-state index contributed by atoms with van der Waals surface area (Å²) < 4.78 is 5.58. The van der Waals surface area contributed by atoms with Crippen LogP contribution < -0.4 is 0 Å². The molecule has 0 aliphatic carbocycles. The summed E-state index contributed by atoms with van der Waals surface area (Å²) in [6.45, 7) is 4.25. The van der Waals surface area contributed by atoms with Crippen molar-refractivity contribution in [1.82, 2.24) is 0 Å². The Labute approximate surface area is 219 Å². The molecule has 0 aromatic heterocycles. The van der Waals surface area contributed by atoms with Crippen molar-refractivity contribution < 1.29 is 9.53 Å². The Kier molecular flexibility index (Phi) is 12.3. The molecule has 0 bridgehead atoms. The molecule has 0 heterocycles. The van der Waals surface area contributed by atoms with Crippen LogP contribution in [0.4, 0.5) is 0 Å². The van der Waals surface area contributed by atoms with Crippen molar-refractivity contribution in [2.75, 3.05) is 0 Å². The lowest BCUT2D eigenvalue weighted by Crippen LogP contribution is -2.15. The second-order valence-electron chi connectivity index (χ2n) is 10.1. The van der Waals surface area contributed by atoms with Crippen molar-refractivity contribution in [1.29, 1.82) is 0 Å². The quantitative estimate of drug-likeness (QED) is 0.149. The summed E-state index contributed by atoms with van der Waals surface area (Å²) in [4.78, 5) is 12.2. The highest BCUT2D eigenvalue weighted by Gasteiger charge is 2.11. The predicted octanol–water partition coefficient (Wildman–Crippen LogP) is 9.60. The normalized spacial score (nSPS) is 11.8. The predicted molar refractivity (Wildman–Crippen MR) is 152 cm³/mol. The second kappa shape index (κ2) is 16.0. The van der Waals surface area contributed by atoms with Crippen LogP contribution in [0.15, 0.2) is 78.9 Å². The summed E-state index contributed by atoms with van der Waals surface area (Å²) in [6, 6.07) is 27.2. The third-order valence-corrected chi connectivity index (χ3v) is 6.95. The van der Waals surface area contributed by atoms with E-state index < -0.39 is 0 Å². The van der Waals surface area contributed by atoms with Gasteiger partial charge in [0, 0.05) is 0 Å². The first kappa shape index (κ1) is 27.7. The number of benzene rings is 3. The van der Waals surface area contributed by atoms with Crippen molar-refractivity contribution in [3.8, 4) is 11.1 Å². The second-order valence-corrected chi connectivity index (χ2v) is 10.1. The van der Waals surface area contributed by atoms with E-state index in [9.17, 15) is 4.79 Å². The molecule has 2 heteroatoms.